The fraction of sp³-hybridized carbons (Fsp3) is 0.400. The summed E-state index contributed by atoms with van der Waals surface area (Å²) in [6.45, 7) is 4.55. The zero-order valence-corrected chi connectivity index (χ0v) is 18.8. The molecule has 0 amide bonds. The van der Waals surface area contributed by atoms with Gasteiger partial charge in [-0.2, -0.15) is 0 Å². The van der Waals surface area contributed by atoms with Crippen LogP contribution in [0.2, 0.25) is 0 Å². The molecule has 3 aliphatic rings. The summed E-state index contributed by atoms with van der Waals surface area (Å²) in [5, 5.41) is 0. The van der Waals surface area contributed by atoms with Gasteiger partial charge in [0, 0.05) is 11.8 Å². The van der Waals surface area contributed by atoms with Crippen LogP contribution in [0.1, 0.15) is 28.7 Å². The Balaban J connectivity index is 1.73. The van der Waals surface area contributed by atoms with Crippen molar-refractivity contribution in [2.24, 2.45) is 11.8 Å². The summed E-state index contributed by atoms with van der Waals surface area (Å²) in [6.07, 6.45) is 1.35. The number of benzene rings is 2. The first-order chi connectivity index (χ1) is 16.1. The van der Waals surface area contributed by atoms with Crippen LogP contribution >= 0.6 is 0 Å². The van der Waals surface area contributed by atoms with E-state index in [9.17, 15) is 4.79 Å². The van der Waals surface area contributed by atoms with Gasteiger partial charge in [0.15, 0.2) is 23.0 Å². The summed E-state index contributed by atoms with van der Waals surface area (Å²) in [4.78, 5) is 13.0. The average Bonchev–Trinajstić information content (AvgIpc) is 3.45. The molecule has 174 valence electrons. The minimum Gasteiger partial charge on any atom is -0.493 e. The van der Waals surface area contributed by atoms with Gasteiger partial charge in [0.05, 0.1) is 46.6 Å². The Morgan fingerprint density at radius 3 is 2.24 bits per heavy atom. The highest BCUT2D eigenvalue weighted by Crippen LogP contribution is 2.56. The van der Waals surface area contributed by atoms with E-state index in [2.05, 4.69) is 6.58 Å². The van der Waals surface area contributed by atoms with Gasteiger partial charge in [0.25, 0.3) is 0 Å². The first-order valence-electron chi connectivity index (χ1n) is 10.7. The molecule has 2 aromatic rings. The monoisotopic (exact) mass is 454 g/mol. The average molecular weight is 454 g/mol. The lowest BCUT2D eigenvalue weighted by molar-refractivity contribution is -0.141. The Bertz CT molecular complexity index is 1070. The van der Waals surface area contributed by atoms with Gasteiger partial charge in [-0.1, -0.05) is 6.08 Å². The third kappa shape index (κ3) is 3.36. The molecule has 1 saturated heterocycles. The summed E-state index contributed by atoms with van der Waals surface area (Å²) in [5.41, 5.74) is 2.71. The topological polar surface area (TPSA) is 81.7 Å². The molecule has 4 atom stereocenters. The maximum absolute atomic E-state index is 13.0. The molecule has 8 heteroatoms. The highest BCUT2D eigenvalue weighted by atomic mass is 16.7. The second-order valence-electron chi connectivity index (χ2n) is 8.13. The lowest BCUT2D eigenvalue weighted by Crippen LogP contribution is -2.35. The van der Waals surface area contributed by atoms with E-state index in [1.807, 2.05) is 24.3 Å². The SMILES string of the molecule is C=CCOC1c2cc3c(cc2[C@@H](c2cc(OC)c(OC)c(OC)c2)[C@H]2C(=O)OC[C@H]12)OCO3. The lowest BCUT2D eigenvalue weighted by Gasteiger charge is -2.39. The molecular formula is C25H26O8. The zero-order chi connectivity index (χ0) is 23.1. The molecule has 2 aliphatic heterocycles. The molecule has 1 fully saturated rings. The van der Waals surface area contributed by atoms with Gasteiger partial charge in [-0.15, -0.1) is 6.58 Å². The van der Waals surface area contributed by atoms with Crippen LogP contribution in [0.3, 0.4) is 0 Å². The van der Waals surface area contributed by atoms with Gasteiger partial charge >= 0.3 is 5.97 Å². The van der Waals surface area contributed by atoms with Gasteiger partial charge < -0.3 is 33.2 Å². The molecular weight excluding hydrogens is 428 g/mol. The largest absolute Gasteiger partial charge is 0.493 e. The molecule has 0 N–H and O–H groups in total. The van der Waals surface area contributed by atoms with Crippen LogP contribution in [0, 0.1) is 11.8 Å². The molecule has 1 unspecified atom stereocenters. The summed E-state index contributed by atoms with van der Waals surface area (Å²) in [5.74, 6) is 1.62. The highest BCUT2D eigenvalue weighted by molar-refractivity contribution is 5.79. The molecule has 0 bridgehead atoms. The Hall–Kier alpha value is -3.39. The van der Waals surface area contributed by atoms with Gasteiger partial charge in [-0.3, -0.25) is 4.79 Å². The summed E-state index contributed by atoms with van der Waals surface area (Å²) >= 11 is 0. The first kappa shape index (κ1) is 21.5. The quantitative estimate of drug-likeness (QED) is 0.464. The standard InChI is InChI=1S/C25H26O8/c1-5-6-30-23-15-10-18-17(32-12-33-18)9-14(15)21(22-16(23)11-31-25(22)26)13-7-19(27-2)24(29-4)20(8-13)28-3/h5,7-10,16,21-23H,1,6,11-12H2,2-4H3/t16-,21+,22-,23?/m0/s1. The van der Waals surface area contributed by atoms with Crippen molar-refractivity contribution in [1.29, 1.82) is 0 Å². The van der Waals surface area contributed by atoms with Crippen LogP contribution in [-0.4, -0.2) is 47.3 Å². The van der Waals surface area contributed by atoms with Crippen LogP contribution in [0.4, 0.5) is 0 Å². The molecule has 0 aromatic heterocycles. The van der Waals surface area contributed by atoms with E-state index in [0.717, 1.165) is 16.7 Å². The van der Waals surface area contributed by atoms with Crippen molar-refractivity contribution in [2.75, 3.05) is 41.3 Å². The highest BCUT2D eigenvalue weighted by Gasteiger charge is 2.53. The van der Waals surface area contributed by atoms with Crippen LogP contribution in [0.5, 0.6) is 28.7 Å². The summed E-state index contributed by atoms with van der Waals surface area (Å²) in [6, 6.07) is 7.66. The van der Waals surface area contributed by atoms with Crippen molar-refractivity contribution >= 4 is 5.97 Å². The molecule has 5 rings (SSSR count). The summed E-state index contributed by atoms with van der Waals surface area (Å²) < 4.78 is 39.7. The maximum atomic E-state index is 13.0. The molecule has 1 aliphatic carbocycles. The number of carbonyl (C=O) groups excluding carboxylic acids is 1. The van der Waals surface area contributed by atoms with Crippen molar-refractivity contribution in [1.82, 2.24) is 0 Å². The van der Waals surface area contributed by atoms with Crippen LogP contribution in [0.25, 0.3) is 0 Å². The van der Waals surface area contributed by atoms with E-state index in [1.54, 1.807) is 27.4 Å². The number of cyclic esters (lactones) is 1. The van der Waals surface area contributed by atoms with E-state index >= 15 is 0 Å². The third-order valence-corrected chi connectivity index (χ3v) is 6.56. The molecule has 8 nitrogen and oxygen atoms in total. The predicted molar refractivity (Wildman–Crippen MR) is 117 cm³/mol. The maximum Gasteiger partial charge on any atom is 0.310 e. The van der Waals surface area contributed by atoms with Crippen molar-refractivity contribution in [2.45, 2.75) is 12.0 Å². The van der Waals surface area contributed by atoms with Gasteiger partial charge in [0.1, 0.15) is 0 Å². The second-order valence-corrected chi connectivity index (χ2v) is 8.13. The molecule has 0 spiro atoms. The van der Waals surface area contributed by atoms with Crippen LogP contribution in [0.15, 0.2) is 36.9 Å². The normalized spacial score (nSPS) is 24.5. The molecule has 0 radical (unpaired) electrons. The molecule has 2 heterocycles. The second kappa shape index (κ2) is 8.51. The first-order valence-corrected chi connectivity index (χ1v) is 10.7. The van der Waals surface area contributed by atoms with Crippen molar-refractivity contribution in [3.05, 3.63) is 53.6 Å². The number of rotatable bonds is 7. The van der Waals surface area contributed by atoms with Crippen molar-refractivity contribution in [3.8, 4) is 28.7 Å². The van der Waals surface area contributed by atoms with E-state index in [1.165, 1.54) is 0 Å². The van der Waals surface area contributed by atoms with Gasteiger partial charge in [-0.05, 0) is 41.0 Å². The molecule has 2 aromatic carbocycles. The Morgan fingerprint density at radius 2 is 1.64 bits per heavy atom. The van der Waals surface area contributed by atoms with Crippen molar-refractivity contribution < 1.29 is 38.0 Å². The number of esters is 1. The van der Waals surface area contributed by atoms with Crippen LogP contribution < -0.4 is 23.7 Å². The number of hydrogen-bond donors (Lipinski definition) is 0. The third-order valence-electron chi connectivity index (χ3n) is 6.56. The smallest absolute Gasteiger partial charge is 0.310 e. The van der Waals surface area contributed by atoms with Gasteiger partial charge in [0.2, 0.25) is 12.5 Å². The Labute approximate surface area is 191 Å². The minimum atomic E-state index is -0.449. The Morgan fingerprint density at radius 1 is 0.970 bits per heavy atom. The van der Waals surface area contributed by atoms with Crippen LogP contribution in [-0.2, 0) is 14.3 Å². The van der Waals surface area contributed by atoms with E-state index in [4.69, 9.17) is 33.2 Å². The lowest BCUT2D eigenvalue weighted by atomic mass is 9.66. The van der Waals surface area contributed by atoms with E-state index in [-0.39, 0.29) is 37.3 Å². The van der Waals surface area contributed by atoms with Gasteiger partial charge in [-0.25, -0.2) is 0 Å². The molecule has 0 saturated carbocycles. The summed E-state index contributed by atoms with van der Waals surface area (Å²) in [7, 11) is 4.70. The van der Waals surface area contributed by atoms with Crippen molar-refractivity contribution in [3.63, 3.8) is 0 Å². The Kier molecular flexibility index (Phi) is 5.54. The number of carbonyl (C=O) groups is 1. The minimum absolute atomic E-state index is 0.153. The number of ether oxygens (including phenoxy) is 7. The predicted octanol–water partition coefficient (Wildman–Crippen LogP) is 3.62. The zero-order valence-electron chi connectivity index (χ0n) is 18.8. The number of hydrogen-bond acceptors (Lipinski definition) is 8. The number of methoxy groups -OCH3 is 3. The number of fused-ring (bicyclic) bond motifs is 3. The fourth-order valence-electron chi connectivity index (χ4n) is 5.18. The fourth-order valence-corrected chi connectivity index (χ4v) is 5.18. The van der Waals surface area contributed by atoms with E-state index in [0.29, 0.717) is 35.4 Å². The van der Waals surface area contributed by atoms with E-state index < -0.39 is 5.92 Å². The molecule has 33 heavy (non-hydrogen) atoms.